The number of aliphatic hydroxyl groups excluding tert-OH is 2. The molecule has 0 aromatic heterocycles. The van der Waals surface area contributed by atoms with E-state index in [0.29, 0.717) is 17.8 Å². The van der Waals surface area contributed by atoms with Gasteiger partial charge in [0.15, 0.2) is 0 Å². The highest BCUT2D eigenvalue weighted by atomic mass is 16.6. The van der Waals surface area contributed by atoms with Crippen LogP contribution in [0.15, 0.2) is 102 Å². The topological polar surface area (TPSA) is 87.0 Å². The zero-order chi connectivity index (χ0) is 27.4. The Morgan fingerprint density at radius 2 is 1.78 bits per heavy atom. The highest BCUT2D eigenvalue weighted by Gasteiger charge is 2.41. The van der Waals surface area contributed by atoms with Crippen LogP contribution in [0, 0.1) is 11.8 Å². The number of benzene rings is 1. The lowest BCUT2D eigenvalue weighted by molar-refractivity contribution is -0.168. The summed E-state index contributed by atoms with van der Waals surface area (Å²) in [6.45, 7) is 9.05. The van der Waals surface area contributed by atoms with Gasteiger partial charge in [0.25, 0.3) is 5.79 Å². The highest BCUT2D eigenvalue weighted by molar-refractivity contribution is 6.02. The van der Waals surface area contributed by atoms with Gasteiger partial charge in [-0.05, 0) is 50.7 Å². The molecule has 5 heteroatoms. The average Bonchev–Trinajstić information content (AvgIpc) is 3.07. The summed E-state index contributed by atoms with van der Waals surface area (Å²) in [5, 5.41) is 30.6. The number of ketones is 1. The van der Waals surface area contributed by atoms with Gasteiger partial charge in [0, 0.05) is 18.4 Å². The van der Waals surface area contributed by atoms with Gasteiger partial charge in [0.2, 0.25) is 5.78 Å². The van der Waals surface area contributed by atoms with Gasteiger partial charge in [-0.15, -0.1) is 0 Å². The number of Topliss-reactive ketones (excluding diaryl/α,β-unsaturated/α-hetero) is 1. The first-order valence-electron chi connectivity index (χ1n) is 12.9. The molecule has 0 radical (unpaired) electrons. The summed E-state index contributed by atoms with van der Waals surface area (Å²) in [6.07, 6.45) is 17.8. The molecule has 1 aliphatic heterocycles. The lowest BCUT2D eigenvalue weighted by Crippen LogP contribution is -2.32. The Hall–Kier alpha value is -2.99. The first-order chi connectivity index (χ1) is 17.5. The van der Waals surface area contributed by atoms with Gasteiger partial charge < -0.3 is 20.1 Å². The van der Waals surface area contributed by atoms with Gasteiger partial charge in [-0.25, -0.2) is 0 Å². The minimum Gasteiger partial charge on any atom is -0.455 e. The van der Waals surface area contributed by atoms with Crippen molar-refractivity contribution in [3.8, 4) is 0 Å². The van der Waals surface area contributed by atoms with E-state index in [1.54, 1.807) is 31.2 Å². The molecular weight excluding hydrogens is 464 g/mol. The van der Waals surface area contributed by atoms with Gasteiger partial charge in [0.05, 0.1) is 12.2 Å². The van der Waals surface area contributed by atoms with Gasteiger partial charge in [-0.2, -0.15) is 0 Å². The van der Waals surface area contributed by atoms with Crippen molar-refractivity contribution in [3.63, 3.8) is 0 Å². The van der Waals surface area contributed by atoms with Crippen molar-refractivity contribution in [2.75, 3.05) is 0 Å². The Balaban J connectivity index is 1.74. The summed E-state index contributed by atoms with van der Waals surface area (Å²) in [5.41, 5.74) is 2.71. The van der Waals surface area contributed by atoms with Crippen LogP contribution in [-0.2, 0) is 16.0 Å². The van der Waals surface area contributed by atoms with Crippen LogP contribution in [0.1, 0.15) is 53.0 Å². The predicted molar refractivity (Wildman–Crippen MR) is 149 cm³/mol. The van der Waals surface area contributed by atoms with Crippen LogP contribution >= 0.6 is 0 Å². The standard InChI is InChI=1S/C32H42O5/c1-23(14-11-15-24(2)30(34)25(3)21-22-27-16-7-6-8-17-27)13-9-10-18-28(33)19-12-20-29-26(4)31(35)32(5,36)37-29/h6-18,20,24-25,28,30,33-34,36H,19,21-22H2,1-5H3. The molecule has 1 aromatic rings. The Morgan fingerprint density at radius 3 is 2.43 bits per heavy atom. The molecule has 0 saturated heterocycles. The third-order valence-corrected chi connectivity index (χ3v) is 6.52. The van der Waals surface area contributed by atoms with Crippen LogP contribution in [0.2, 0.25) is 0 Å². The Labute approximate surface area is 221 Å². The van der Waals surface area contributed by atoms with Gasteiger partial charge in [-0.1, -0.05) is 98.4 Å². The van der Waals surface area contributed by atoms with Crippen molar-refractivity contribution in [2.24, 2.45) is 11.8 Å². The maximum atomic E-state index is 11.8. The molecule has 0 spiro atoms. The van der Waals surface area contributed by atoms with E-state index in [9.17, 15) is 20.1 Å². The largest absolute Gasteiger partial charge is 0.455 e. The Kier molecular flexibility index (Phi) is 12.0. The molecule has 0 fully saturated rings. The Bertz CT molecular complexity index is 1060. The monoisotopic (exact) mass is 506 g/mol. The lowest BCUT2D eigenvalue weighted by Gasteiger charge is -2.22. The fourth-order valence-electron chi connectivity index (χ4n) is 4.03. The fraction of sp³-hybridized carbons (Fsp3) is 0.406. The zero-order valence-electron chi connectivity index (χ0n) is 22.7. The van der Waals surface area contributed by atoms with Crippen LogP contribution in [0.5, 0.6) is 0 Å². The van der Waals surface area contributed by atoms with E-state index in [-0.39, 0.29) is 11.8 Å². The number of rotatable bonds is 13. The van der Waals surface area contributed by atoms with E-state index in [0.717, 1.165) is 18.4 Å². The first kappa shape index (κ1) is 30.2. The molecule has 1 heterocycles. The summed E-state index contributed by atoms with van der Waals surface area (Å²) in [7, 11) is 0. The van der Waals surface area contributed by atoms with Crippen molar-refractivity contribution in [2.45, 2.75) is 71.9 Å². The molecular formula is C32H42O5. The van der Waals surface area contributed by atoms with Crippen molar-refractivity contribution in [1.29, 1.82) is 0 Å². The number of ether oxygens (including phenoxy) is 1. The molecule has 0 saturated carbocycles. The van der Waals surface area contributed by atoms with Gasteiger partial charge in [-0.3, -0.25) is 4.79 Å². The molecule has 2 rings (SSSR count). The van der Waals surface area contributed by atoms with E-state index in [2.05, 4.69) is 19.1 Å². The number of aryl methyl sites for hydroxylation is 1. The second kappa shape index (κ2) is 14.7. The van der Waals surface area contributed by atoms with Gasteiger partial charge in [0.1, 0.15) is 5.76 Å². The maximum absolute atomic E-state index is 11.8. The summed E-state index contributed by atoms with van der Waals surface area (Å²) in [5.74, 6) is -1.68. The molecule has 1 aliphatic rings. The molecule has 0 bridgehead atoms. The second-order valence-corrected chi connectivity index (χ2v) is 10.00. The van der Waals surface area contributed by atoms with Crippen molar-refractivity contribution >= 4 is 5.78 Å². The van der Waals surface area contributed by atoms with Gasteiger partial charge >= 0.3 is 0 Å². The molecule has 0 aliphatic carbocycles. The number of carbonyl (C=O) groups is 1. The summed E-state index contributed by atoms with van der Waals surface area (Å²) >= 11 is 0. The third-order valence-electron chi connectivity index (χ3n) is 6.52. The van der Waals surface area contributed by atoms with Crippen LogP contribution < -0.4 is 0 Å². The zero-order valence-corrected chi connectivity index (χ0v) is 22.7. The number of aliphatic hydroxyl groups is 3. The molecule has 5 atom stereocenters. The van der Waals surface area contributed by atoms with Crippen molar-refractivity contribution < 1.29 is 24.9 Å². The van der Waals surface area contributed by atoms with Crippen LogP contribution in [-0.4, -0.2) is 39.1 Å². The van der Waals surface area contributed by atoms with Crippen LogP contribution in [0.25, 0.3) is 0 Å². The molecule has 1 aromatic carbocycles. The summed E-state index contributed by atoms with van der Waals surface area (Å²) in [6, 6.07) is 10.4. The fourth-order valence-corrected chi connectivity index (χ4v) is 4.03. The molecule has 200 valence electrons. The number of allylic oxidation sites excluding steroid dienone is 7. The van der Waals surface area contributed by atoms with Crippen molar-refractivity contribution in [1.82, 2.24) is 0 Å². The quantitative estimate of drug-likeness (QED) is 0.296. The molecule has 3 N–H and O–H groups in total. The van der Waals surface area contributed by atoms with Crippen LogP contribution in [0.4, 0.5) is 0 Å². The minimum atomic E-state index is -1.81. The number of hydrogen-bond donors (Lipinski definition) is 3. The SMILES string of the molecule is CC(C=CC=CC(O)CC=CC1=C(C)C(=O)C(C)(O)O1)=CC=CC(C)C(O)C(C)CCc1ccccc1. The number of hydrogen-bond acceptors (Lipinski definition) is 5. The molecule has 37 heavy (non-hydrogen) atoms. The van der Waals surface area contributed by atoms with E-state index in [1.165, 1.54) is 12.5 Å². The van der Waals surface area contributed by atoms with Crippen molar-refractivity contribution in [3.05, 3.63) is 107 Å². The third kappa shape index (κ3) is 10.1. The summed E-state index contributed by atoms with van der Waals surface area (Å²) in [4.78, 5) is 11.8. The average molecular weight is 507 g/mol. The maximum Gasteiger partial charge on any atom is 0.269 e. The first-order valence-corrected chi connectivity index (χ1v) is 12.9. The predicted octanol–water partition coefficient (Wildman–Crippen LogP) is 5.76. The molecule has 5 unspecified atom stereocenters. The molecule has 0 amide bonds. The smallest absolute Gasteiger partial charge is 0.269 e. The second-order valence-electron chi connectivity index (χ2n) is 10.00. The van der Waals surface area contributed by atoms with E-state index in [1.807, 2.05) is 62.4 Å². The highest BCUT2D eigenvalue weighted by Crippen LogP contribution is 2.29. The lowest BCUT2D eigenvalue weighted by atomic mass is 9.88. The number of carbonyl (C=O) groups excluding carboxylic acids is 1. The summed E-state index contributed by atoms with van der Waals surface area (Å²) < 4.78 is 5.24. The Morgan fingerprint density at radius 1 is 1.08 bits per heavy atom. The molecule has 5 nitrogen and oxygen atoms in total. The minimum absolute atomic E-state index is 0.0559. The normalized spacial score (nSPS) is 22.5. The van der Waals surface area contributed by atoms with E-state index in [4.69, 9.17) is 4.74 Å². The van der Waals surface area contributed by atoms with E-state index >= 15 is 0 Å². The van der Waals surface area contributed by atoms with Crippen LogP contribution in [0.3, 0.4) is 0 Å². The van der Waals surface area contributed by atoms with E-state index < -0.39 is 23.8 Å².